The largest absolute Gasteiger partial charge is 0.486 e. The van der Waals surface area contributed by atoms with E-state index in [4.69, 9.17) is 74.3 Å². The Hall–Kier alpha value is -2.10. The minimum Gasteiger partial charge on any atom is -0.486 e. The Morgan fingerprint density at radius 3 is 2.03 bits per heavy atom. The molecule has 0 saturated carbocycles. The third-order valence-electron chi connectivity index (χ3n) is 4.24. The van der Waals surface area contributed by atoms with Gasteiger partial charge in [-0.25, -0.2) is 0 Å². The van der Waals surface area contributed by atoms with Gasteiger partial charge in [-0.15, -0.1) is 0 Å². The highest BCUT2D eigenvalue weighted by atomic mass is 35.5. The summed E-state index contributed by atoms with van der Waals surface area (Å²) in [5.41, 5.74) is 1.43. The zero-order valence-electron chi connectivity index (χ0n) is 16.4. The monoisotopic (exact) mass is 558 g/mol. The average Bonchev–Trinajstić information content (AvgIpc) is 2.76. The van der Waals surface area contributed by atoms with Gasteiger partial charge in [-0.05, 0) is 59.7 Å². The second kappa shape index (κ2) is 11.4. The standard InChI is InChI=1S/C23H12Cl6N2O2/c24-16-3-1-12(6-18(16)26)11-33-22-20(28)7-13(8-21(22)29)5-14(10-30)23(32)31-15-2-4-17(25)19(27)9-15/h1-9H,11H2,(H,31,32)/b14-5+. The van der Waals surface area contributed by atoms with Gasteiger partial charge in [0.1, 0.15) is 18.2 Å². The van der Waals surface area contributed by atoms with Gasteiger partial charge in [-0.1, -0.05) is 75.7 Å². The Bertz CT molecular complexity index is 1280. The van der Waals surface area contributed by atoms with Gasteiger partial charge in [-0.3, -0.25) is 4.79 Å². The Labute approximate surface area is 220 Å². The number of benzene rings is 3. The number of ether oxygens (including phenoxy) is 1. The molecule has 0 aliphatic carbocycles. The van der Waals surface area contributed by atoms with Crippen LogP contribution in [-0.4, -0.2) is 5.91 Å². The predicted octanol–water partition coefficient (Wildman–Crippen LogP) is 8.73. The number of nitrogens with one attached hydrogen (secondary N) is 1. The van der Waals surface area contributed by atoms with E-state index in [1.807, 2.05) is 6.07 Å². The summed E-state index contributed by atoms with van der Waals surface area (Å²) in [6.45, 7) is 0.154. The predicted molar refractivity (Wildman–Crippen MR) is 136 cm³/mol. The summed E-state index contributed by atoms with van der Waals surface area (Å²) >= 11 is 36.4. The molecular formula is C23H12Cl6N2O2. The summed E-state index contributed by atoms with van der Waals surface area (Å²) < 4.78 is 5.73. The fraction of sp³-hybridized carbons (Fsp3) is 0.0435. The number of carbonyl (C=O) groups excluding carboxylic acids is 1. The van der Waals surface area contributed by atoms with Crippen molar-refractivity contribution in [1.82, 2.24) is 0 Å². The number of hydrogen-bond acceptors (Lipinski definition) is 3. The number of carbonyl (C=O) groups is 1. The Balaban J connectivity index is 1.77. The van der Waals surface area contributed by atoms with E-state index >= 15 is 0 Å². The SMILES string of the molecule is N#C/C(=C\c1cc(Cl)c(OCc2ccc(Cl)c(Cl)c2)c(Cl)c1)C(=O)Nc1ccc(Cl)c(Cl)c1. The van der Waals surface area contributed by atoms with Crippen LogP contribution in [0.5, 0.6) is 5.75 Å². The molecular weight excluding hydrogens is 549 g/mol. The Morgan fingerprint density at radius 1 is 0.848 bits per heavy atom. The first-order valence-electron chi connectivity index (χ1n) is 9.12. The van der Waals surface area contributed by atoms with Crippen LogP contribution in [0.25, 0.3) is 6.08 Å². The van der Waals surface area contributed by atoms with E-state index in [0.717, 1.165) is 5.56 Å². The van der Waals surface area contributed by atoms with E-state index in [0.29, 0.717) is 26.3 Å². The molecule has 0 radical (unpaired) electrons. The van der Waals surface area contributed by atoms with Crippen LogP contribution in [0.4, 0.5) is 5.69 Å². The molecule has 10 heteroatoms. The van der Waals surface area contributed by atoms with Crippen molar-refractivity contribution in [1.29, 1.82) is 5.26 Å². The summed E-state index contributed by atoms with van der Waals surface area (Å²) in [5, 5.41) is 13.9. The number of anilines is 1. The van der Waals surface area contributed by atoms with Crippen LogP contribution >= 0.6 is 69.6 Å². The van der Waals surface area contributed by atoms with Gasteiger partial charge in [0.05, 0.1) is 30.1 Å². The number of nitrogens with zero attached hydrogens (tertiary/aromatic N) is 1. The van der Waals surface area contributed by atoms with Crippen molar-refractivity contribution >= 4 is 87.3 Å². The van der Waals surface area contributed by atoms with Crippen molar-refractivity contribution in [3.05, 3.63) is 95.4 Å². The van der Waals surface area contributed by atoms with E-state index in [1.165, 1.54) is 30.3 Å². The lowest BCUT2D eigenvalue weighted by molar-refractivity contribution is -0.112. The molecule has 0 saturated heterocycles. The summed E-state index contributed by atoms with van der Waals surface area (Å²) in [7, 11) is 0. The molecule has 4 nitrogen and oxygen atoms in total. The second-order valence-corrected chi connectivity index (χ2v) is 9.05. The highest BCUT2D eigenvalue weighted by molar-refractivity contribution is 6.42. The summed E-state index contributed by atoms with van der Waals surface area (Å²) in [6, 6.07) is 14.6. The topological polar surface area (TPSA) is 62.1 Å². The summed E-state index contributed by atoms with van der Waals surface area (Å²) in [6.07, 6.45) is 1.35. The van der Waals surface area contributed by atoms with Crippen LogP contribution < -0.4 is 10.1 Å². The number of amides is 1. The highest BCUT2D eigenvalue weighted by Crippen LogP contribution is 2.36. The van der Waals surface area contributed by atoms with Crippen LogP contribution in [-0.2, 0) is 11.4 Å². The van der Waals surface area contributed by atoms with Gasteiger partial charge in [0.15, 0.2) is 5.75 Å². The van der Waals surface area contributed by atoms with E-state index in [2.05, 4.69) is 5.32 Å². The van der Waals surface area contributed by atoms with Gasteiger partial charge < -0.3 is 10.1 Å². The van der Waals surface area contributed by atoms with Crippen LogP contribution in [0, 0.1) is 11.3 Å². The molecule has 0 spiro atoms. The lowest BCUT2D eigenvalue weighted by Gasteiger charge is -2.12. The molecule has 0 atom stereocenters. The van der Waals surface area contributed by atoms with E-state index < -0.39 is 5.91 Å². The van der Waals surface area contributed by atoms with Crippen molar-refractivity contribution in [3.8, 4) is 11.8 Å². The first-order valence-corrected chi connectivity index (χ1v) is 11.4. The first-order chi connectivity index (χ1) is 15.7. The van der Waals surface area contributed by atoms with Crippen molar-refractivity contribution < 1.29 is 9.53 Å². The normalized spacial score (nSPS) is 11.1. The molecule has 0 heterocycles. The lowest BCUT2D eigenvalue weighted by atomic mass is 10.1. The smallest absolute Gasteiger partial charge is 0.266 e. The molecule has 0 bridgehead atoms. The molecule has 0 aromatic heterocycles. The number of nitriles is 1. The maximum Gasteiger partial charge on any atom is 0.266 e. The van der Waals surface area contributed by atoms with Crippen molar-refractivity contribution in [2.45, 2.75) is 6.61 Å². The zero-order chi connectivity index (χ0) is 24.1. The van der Waals surface area contributed by atoms with E-state index in [-0.39, 0.29) is 33.0 Å². The lowest BCUT2D eigenvalue weighted by Crippen LogP contribution is -2.13. The molecule has 0 aliphatic rings. The van der Waals surface area contributed by atoms with Crippen molar-refractivity contribution in [2.75, 3.05) is 5.32 Å². The van der Waals surface area contributed by atoms with Crippen molar-refractivity contribution in [2.24, 2.45) is 0 Å². The minimum absolute atomic E-state index is 0.154. The third-order valence-corrected chi connectivity index (χ3v) is 6.28. The first kappa shape index (κ1) is 25.5. The number of halogens is 6. The number of rotatable bonds is 6. The minimum atomic E-state index is -0.636. The molecule has 1 amide bonds. The summed E-state index contributed by atoms with van der Waals surface area (Å²) in [5.74, 6) is -0.386. The van der Waals surface area contributed by atoms with Crippen LogP contribution in [0.1, 0.15) is 11.1 Å². The van der Waals surface area contributed by atoms with Gasteiger partial charge in [-0.2, -0.15) is 5.26 Å². The van der Waals surface area contributed by atoms with Gasteiger partial charge in [0.2, 0.25) is 0 Å². The summed E-state index contributed by atoms with van der Waals surface area (Å²) in [4.78, 5) is 12.5. The fourth-order valence-corrected chi connectivity index (χ4v) is 3.91. The van der Waals surface area contributed by atoms with E-state index in [9.17, 15) is 10.1 Å². The van der Waals surface area contributed by atoms with Gasteiger partial charge >= 0.3 is 0 Å². The maximum absolute atomic E-state index is 12.5. The molecule has 3 aromatic carbocycles. The van der Waals surface area contributed by atoms with Crippen LogP contribution in [0.3, 0.4) is 0 Å². The average molecular weight is 561 g/mol. The second-order valence-electron chi connectivity index (χ2n) is 6.60. The third kappa shape index (κ3) is 6.71. The molecule has 3 rings (SSSR count). The molecule has 168 valence electrons. The van der Waals surface area contributed by atoms with Crippen LogP contribution in [0.2, 0.25) is 30.1 Å². The molecule has 33 heavy (non-hydrogen) atoms. The molecule has 3 aromatic rings. The van der Waals surface area contributed by atoms with Crippen LogP contribution in [0.15, 0.2) is 54.1 Å². The Kier molecular flexibility index (Phi) is 8.78. The molecule has 0 aliphatic heterocycles. The van der Waals surface area contributed by atoms with E-state index in [1.54, 1.807) is 24.3 Å². The number of hydrogen-bond donors (Lipinski definition) is 1. The van der Waals surface area contributed by atoms with Crippen molar-refractivity contribution in [3.63, 3.8) is 0 Å². The highest BCUT2D eigenvalue weighted by Gasteiger charge is 2.14. The van der Waals surface area contributed by atoms with Gasteiger partial charge in [0.25, 0.3) is 5.91 Å². The molecule has 1 N–H and O–H groups in total. The Morgan fingerprint density at radius 2 is 1.45 bits per heavy atom. The zero-order valence-corrected chi connectivity index (χ0v) is 21.0. The fourth-order valence-electron chi connectivity index (χ4n) is 2.67. The maximum atomic E-state index is 12.5. The molecule has 0 unspecified atom stereocenters. The molecule has 0 fully saturated rings. The quantitative estimate of drug-likeness (QED) is 0.242. The van der Waals surface area contributed by atoms with Gasteiger partial charge in [0, 0.05) is 5.69 Å².